The highest BCUT2D eigenvalue weighted by molar-refractivity contribution is 6.19. The molecule has 0 aliphatic carbocycles. The number of hydrogen-bond donors (Lipinski definition) is 0. The molecule has 0 aliphatic heterocycles. The fourth-order valence-electron chi connectivity index (χ4n) is 8.63. The monoisotopic (exact) mass is 729 g/mol. The topological polar surface area (TPSA) is 57.0 Å². The quantitative estimate of drug-likeness (QED) is 0.177. The van der Waals surface area contributed by atoms with Gasteiger partial charge in [0.25, 0.3) is 0 Å². The molecule has 4 aromatic heterocycles. The number of fused-ring (bicyclic) bond motifs is 9. The fourth-order valence-corrected chi connectivity index (χ4v) is 8.63. The number of rotatable bonds is 5. The maximum absolute atomic E-state index is 7.26. The third-order valence-electron chi connectivity index (χ3n) is 11.2. The van der Waals surface area contributed by atoms with Crippen molar-refractivity contribution in [3.05, 3.63) is 188 Å². The van der Waals surface area contributed by atoms with Crippen LogP contribution in [0.5, 0.6) is 0 Å². The molecule has 0 bridgehead atoms. The van der Waals surface area contributed by atoms with Crippen molar-refractivity contribution in [3.8, 4) is 50.7 Å². The zero-order valence-corrected chi connectivity index (χ0v) is 30.6. The molecule has 0 N–H and O–H groups in total. The Balaban J connectivity index is 1.18. The van der Waals surface area contributed by atoms with Gasteiger partial charge in [-0.25, -0.2) is 9.97 Å². The molecular weight excluding hydrogens is 699 g/mol. The van der Waals surface area contributed by atoms with Gasteiger partial charge in [-0.05, 0) is 60.2 Å². The molecule has 57 heavy (non-hydrogen) atoms. The fraction of sp³-hybridized carbons (Fsp3) is 0. The molecule has 8 aromatic carbocycles. The molecular formula is C52H31N3O2. The van der Waals surface area contributed by atoms with E-state index in [0.717, 1.165) is 99.8 Å². The lowest BCUT2D eigenvalue weighted by atomic mass is 9.96. The van der Waals surface area contributed by atoms with Crippen LogP contribution >= 0.6 is 0 Å². The first-order chi connectivity index (χ1) is 28.3. The van der Waals surface area contributed by atoms with Crippen molar-refractivity contribution < 1.29 is 8.83 Å². The van der Waals surface area contributed by atoms with Crippen LogP contribution < -0.4 is 0 Å². The molecule has 12 aromatic rings. The van der Waals surface area contributed by atoms with E-state index in [-0.39, 0.29) is 0 Å². The van der Waals surface area contributed by atoms with Crippen LogP contribution in [0.4, 0.5) is 0 Å². The first-order valence-electron chi connectivity index (χ1n) is 19.2. The van der Waals surface area contributed by atoms with Crippen molar-refractivity contribution in [1.82, 2.24) is 14.5 Å². The largest absolute Gasteiger partial charge is 0.456 e. The van der Waals surface area contributed by atoms with E-state index < -0.39 is 0 Å². The Morgan fingerprint density at radius 2 is 0.947 bits per heavy atom. The van der Waals surface area contributed by atoms with Crippen LogP contribution in [0.25, 0.3) is 116 Å². The Morgan fingerprint density at radius 1 is 0.368 bits per heavy atom. The lowest BCUT2D eigenvalue weighted by molar-refractivity contribution is 0.667. The number of hydrogen-bond acceptors (Lipinski definition) is 4. The second kappa shape index (κ2) is 12.4. The molecule has 0 saturated heterocycles. The molecule has 266 valence electrons. The third kappa shape index (κ3) is 4.89. The van der Waals surface area contributed by atoms with Crippen LogP contribution in [-0.4, -0.2) is 14.5 Å². The molecule has 4 heterocycles. The van der Waals surface area contributed by atoms with Gasteiger partial charge in [0.2, 0.25) is 0 Å². The molecule has 12 rings (SSSR count). The van der Waals surface area contributed by atoms with Crippen LogP contribution in [0.3, 0.4) is 0 Å². The van der Waals surface area contributed by atoms with Crippen molar-refractivity contribution in [3.63, 3.8) is 0 Å². The number of aromatic nitrogens is 3. The van der Waals surface area contributed by atoms with Gasteiger partial charge in [-0.2, -0.15) is 0 Å². The van der Waals surface area contributed by atoms with Crippen molar-refractivity contribution in [1.29, 1.82) is 0 Å². The van der Waals surface area contributed by atoms with Crippen LogP contribution in [-0.2, 0) is 0 Å². The molecule has 0 saturated carbocycles. The van der Waals surface area contributed by atoms with Gasteiger partial charge in [0.05, 0.1) is 28.1 Å². The molecule has 0 aliphatic rings. The Morgan fingerprint density at radius 3 is 1.65 bits per heavy atom. The summed E-state index contributed by atoms with van der Waals surface area (Å²) in [4.78, 5) is 10.6. The van der Waals surface area contributed by atoms with E-state index in [1.807, 2.05) is 48.5 Å². The minimum Gasteiger partial charge on any atom is -0.456 e. The summed E-state index contributed by atoms with van der Waals surface area (Å²) in [6, 6.07) is 65.3. The van der Waals surface area contributed by atoms with E-state index in [1.165, 1.54) is 10.8 Å². The summed E-state index contributed by atoms with van der Waals surface area (Å²) in [6.07, 6.45) is 0. The normalized spacial score (nSPS) is 11.9. The average molecular weight is 730 g/mol. The SMILES string of the molecule is c1ccc(-c2cc(-c3ccccc3)nc(-c3ccc(-c4ccc5oc6ccccc6c5c4)c4oc5c(-n6c7ccccc7c7ccccc76)cccc5c34)n2)cc1. The molecule has 5 nitrogen and oxygen atoms in total. The maximum atomic E-state index is 7.26. The molecule has 0 unspecified atom stereocenters. The standard InChI is InChI=1S/C52H31N3O2/c1-3-14-32(15-4-1)42-31-43(33-16-5-2-6-17-33)54-52(53-42)40-28-27-35(34-26-29-48-41(30-34)38-20-9-12-25-47(38)56-48)51-49(40)39-21-13-24-46(50(39)57-51)55-44-22-10-7-18-36(44)37-19-8-11-23-45(37)55/h1-31H. The molecule has 0 atom stereocenters. The summed E-state index contributed by atoms with van der Waals surface area (Å²) in [7, 11) is 0. The summed E-state index contributed by atoms with van der Waals surface area (Å²) in [5, 5.41) is 6.50. The van der Waals surface area contributed by atoms with Crippen molar-refractivity contribution >= 4 is 65.7 Å². The van der Waals surface area contributed by atoms with E-state index in [9.17, 15) is 0 Å². The zero-order valence-electron chi connectivity index (χ0n) is 30.6. The number of para-hydroxylation sites is 4. The van der Waals surface area contributed by atoms with Gasteiger partial charge in [-0.15, -0.1) is 0 Å². The van der Waals surface area contributed by atoms with Crippen LogP contribution in [0, 0.1) is 0 Å². The Hall–Kier alpha value is -7.76. The van der Waals surface area contributed by atoms with E-state index in [1.54, 1.807) is 0 Å². The number of nitrogens with zero attached hydrogens (tertiary/aromatic N) is 3. The first-order valence-corrected chi connectivity index (χ1v) is 19.2. The lowest BCUT2D eigenvalue weighted by Gasteiger charge is -2.11. The molecule has 0 amide bonds. The summed E-state index contributed by atoms with van der Waals surface area (Å²) >= 11 is 0. The molecule has 5 heteroatoms. The Labute approximate surface area is 326 Å². The van der Waals surface area contributed by atoms with Crippen LogP contribution in [0.2, 0.25) is 0 Å². The zero-order chi connectivity index (χ0) is 37.5. The highest BCUT2D eigenvalue weighted by atomic mass is 16.3. The van der Waals surface area contributed by atoms with Gasteiger partial charge < -0.3 is 13.4 Å². The summed E-state index contributed by atoms with van der Waals surface area (Å²) in [5.41, 5.74) is 13.2. The lowest BCUT2D eigenvalue weighted by Crippen LogP contribution is -1.97. The highest BCUT2D eigenvalue weighted by Crippen LogP contribution is 2.45. The molecule has 0 fully saturated rings. The van der Waals surface area contributed by atoms with Crippen LogP contribution in [0.1, 0.15) is 0 Å². The molecule has 0 radical (unpaired) electrons. The average Bonchev–Trinajstić information content (AvgIpc) is 3.96. The predicted octanol–water partition coefficient (Wildman–Crippen LogP) is 14.0. The van der Waals surface area contributed by atoms with Gasteiger partial charge in [0.1, 0.15) is 16.7 Å². The van der Waals surface area contributed by atoms with Crippen molar-refractivity contribution in [2.45, 2.75) is 0 Å². The van der Waals surface area contributed by atoms with Gasteiger partial charge >= 0.3 is 0 Å². The smallest absolute Gasteiger partial charge is 0.161 e. The minimum absolute atomic E-state index is 0.632. The maximum Gasteiger partial charge on any atom is 0.161 e. The van der Waals surface area contributed by atoms with Crippen LogP contribution in [0.15, 0.2) is 197 Å². The van der Waals surface area contributed by atoms with Crippen molar-refractivity contribution in [2.24, 2.45) is 0 Å². The minimum atomic E-state index is 0.632. The molecule has 0 spiro atoms. The predicted molar refractivity (Wildman–Crippen MR) is 233 cm³/mol. The van der Waals surface area contributed by atoms with E-state index in [0.29, 0.717) is 5.82 Å². The Kier molecular flexibility index (Phi) is 6.86. The summed E-state index contributed by atoms with van der Waals surface area (Å²) < 4.78 is 15.8. The summed E-state index contributed by atoms with van der Waals surface area (Å²) in [6.45, 7) is 0. The van der Waals surface area contributed by atoms with Gasteiger partial charge in [0.15, 0.2) is 11.4 Å². The third-order valence-corrected chi connectivity index (χ3v) is 11.2. The van der Waals surface area contributed by atoms with Gasteiger partial charge in [0, 0.05) is 54.6 Å². The summed E-state index contributed by atoms with van der Waals surface area (Å²) in [5.74, 6) is 0.632. The van der Waals surface area contributed by atoms with E-state index >= 15 is 0 Å². The number of furan rings is 2. The second-order valence-corrected chi connectivity index (χ2v) is 14.5. The van der Waals surface area contributed by atoms with E-state index in [2.05, 4.69) is 144 Å². The first kappa shape index (κ1) is 31.6. The van der Waals surface area contributed by atoms with E-state index in [4.69, 9.17) is 18.8 Å². The van der Waals surface area contributed by atoms with Gasteiger partial charge in [-0.3, -0.25) is 0 Å². The second-order valence-electron chi connectivity index (χ2n) is 14.5. The number of benzene rings is 8. The Bertz CT molecular complexity index is 3410. The highest BCUT2D eigenvalue weighted by Gasteiger charge is 2.24. The van der Waals surface area contributed by atoms with Gasteiger partial charge in [-0.1, -0.05) is 133 Å². The van der Waals surface area contributed by atoms with Crippen molar-refractivity contribution in [2.75, 3.05) is 0 Å².